The lowest BCUT2D eigenvalue weighted by molar-refractivity contribution is -0.119. The van der Waals surface area contributed by atoms with Gasteiger partial charge in [0.15, 0.2) is 0 Å². The maximum atomic E-state index is 12.5. The molecule has 0 aliphatic carbocycles. The third-order valence-corrected chi connectivity index (χ3v) is 4.60. The fraction of sp³-hybridized carbons (Fsp3) is 0.562. The normalized spacial score (nSPS) is 21.3. The summed E-state index contributed by atoms with van der Waals surface area (Å²) in [5.74, 6) is 0.118. The van der Waals surface area contributed by atoms with Crippen molar-refractivity contribution in [2.45, 2.75) is 45.1 Å². The molecule has 2 heterocycles. The topological polar surface area (TPSA) is 64.8 Å². The zero-order chi connectivity index (χ0) is 15.7. The highest BCUT2D eigenvalue weighted by Gasteiger charge is 2.31. The molecule has 2 aliphatic rings. The Bertz CT molecular complexity index is 585. The first-order valence-electron chi connectivity index (χ1n) is 7.85. The van der Waals surface area contributed by atoms with E-state index in [2.05, 4.69) is 0 Å². The fourth-order valence-corrected chi connectivity index (χ4v) is 3.20. The summed E-state index contributed by atoms with van der Waals surface area (Å²) in [7, 11) is 0. The first-order valence-corrected chi connectivity index (χ1v) is 8.22. The Morgan fingerprint density at radius 1 is 1.45 bits per heavy atom. The maximum Gasteiger partial charge on any atom is 0.360 e. The van der Waals surface area contributed by atoms with E-state index in [1.54, 1.807) is 11.1 Å². The highest BCUT2D eigenvalue weighted by Crippen LogP contribution is 2.41. The Balaban J connectivity index is 1.86. The highest BCUT2D eigenvalue weighted by molar-refractivity contribution is 6.33. The van der Waals surface area contributed by atoms with Crippen molar-refractivity contribution in [1.29, 1.82) is 0 Å². The van der Waals surface area contributed by atoms with Gasteiger partial charge in [-0.1, -0.05) is 24.9 Å². The van der Waals surface area contributed by atoms with Crippen molar-refractivity contribution in [2.75, 3.05) is 18.8 Å². The van der Waals surface area contributed by atoms with Crippen LogP contribution in [0.2, 0.25) is 5.02 Å². The molecular weight excluding hydrogens is 304 g/mol. The molecular formula is C16H21ClN2O3. The van der Waals surface area contributed by atoms with Gasteiger partial charge in [0.2, 0.25) is 0 Å². The van der Waals surface area contributed by atoms with Gasteiger partial charge in [0.1, 0.15) is 17.4 Å². The van der Waals surface area contributed by atoms with Crippen LogP contribution in [0.5, 0.6) is 5.75 Å². The van der Waals surface area contributed by atoms with Crippen molar-refractivity contribution in [2.24, 2.45) is 0 Å². The Labute approximate surface area is 135 Å². The van der Waals surface area contributed by atoms with E-state index in [1.165, 1.54) is 6.42 Å². The number of hydrogen-bond donors (Lipinski definition) is 1. The molecule has 0 bridgehead atoms. The number of nitrogen functional groups attached to an aromatic ring is 1. The van der Waals surface area contributed by atoms with Crippen LogP contribution in [0.25, 0.3) is 0 Å². The Hall–Kier alpha value is -1.46. The van der Waals surface area contributed by atoms with E-state index < -0.39 is 5.97 Å². The molecule has 120 valence electrons. The Morgan fingerprint density at radius 2 is 2.18 bits per heavy atom. The number of piperidine rings is 1. The summed E-state index contributed by atoms with van der Waals surface area (Å²) >= 11 is 6.17. The van der Waals surface area contributed by atoms with Crippen LogP contribution in [0.15, 0.2) is 6.07 Å². The molecule has 5 nitrogen and oxygen atoms in total. The van der Waals surface area contributed by atoms with Crippen molar-refractivity contribution >= 4 is 23.3 Å². The molecule has 1 unspecified atom stereocenters. The van der Waals surface area contributed by atoms with E-state index in [4.69, 9.17) is 26.9 Å². The molecule has 1 aromatic carbocycles. The van der Waals surface area contributed by atoms with Crippen LogP contribution in [0.1, 0.15) is 48.5 Å². The number of nitrogens with zero attached hydrogens (tertiary/aromatic N) is 1. The second-order valence-electron chi connectivity index (χ2n) is 5.85. The van der Waals surface area contributed by atoms with Crippen LogP contribution in [0.3, 0.4) is 0 Å². The average Bonchev–Trinajstić information content (AvgIpc) is 2.96. The number of hydroxylamine groups is 2. The van der Waals surface area contributed by atoms with Gasteiger partial charge in [-0.25, -0.2) is 4.79 Å². The first kappa shape index (κ1) is 15.4. The monoisotopic (exact) mass is 324 g/mol. The lowest BCUT2D eigenvalue weighted by Crippen LogP contribution is -2.32. The summed E-state index contributed by atoms with van der Waals surface area (Å²) in [5.41, 5.74) is 7.73. The molecule has 0 radical (unpaired) electrons. The van der Waals surface area contributed by atoms with Crippen LogP contribution in [-0.4, -0.2) is 30.2 Å². The highest BCUT2D eigenvalue weighted by atomic mass is 35.5. The number of fused-ring (bicyclic) bond motifs is 1. The molecule has 22 heavy (non-hydrogen) atoms. The van der Waals surface area contributed by atoms with Gasteiger partial charge in [0.25, 0.3) is 0 Å². The number of carbonyl (C=O) groups is 1. The van der Waals surface area contributed by atoms with Crippen LogP contribution in [-0.2, 0) is 11.3 Å². The van der Waals surface area contributed by atoms with Crippen molar-refractivity contribution in [1.82, 2.24) is 5.06 Å². The minimum Gasteiger partial charge on any atom is -0.489 e. The van der Waals surface area contributed by atoms with Crippen molar-refractivity contribution < 1.29 is 14.4 Å². The number of hydrogen-bond acceptors (Lipinski definition) is 5. The molecule has 6 heteroatoms. The van der Waals surface area contributed by atoms with Gasteiger partial charge < -0.3 is 15.3 Å². The van der Waals surface area contributed by atoms with Crippen LogP contribution >= 0.6 is 11.6 Å². The van der Waals surface area contributed by atoms with Crippen LogP contribution in [0.4, 0.5) is 5.69 Å². The quantitative estimate of drug-likeness (QED) is 0.865. The van der Waals surface area contributed by atoms with E-state index in [9.17, 15) is 4.79 Å². The predicted molar refractivity (Wildman–Crippen MR) is 85.1 cm³/mol. The van der Waals surface area contributed by atoms with Gasteiger partial charge in [-0.05, 0) is 25.3 Å². The lowest BCUT2D eigenvalue weighted by Gasteiger charge is -2.25. The summed E-state index contributed by atoms with van der Waals surface area (Å²) in [6.07, 6.45) is 4.84. The number of nitrogens with two attached hydrogens (primary N) is 1. The van der Waals surface area contributed by atoms with Crippen LogP contribution < -0.4 is 10.5 Å². The second-order valence-corrected chi connectivity index (χ2v) is 6.26. The zero-order valence-electron chi connectivity index (χ0n) is 12.7. The van der Waals surface area contributed by atoms with E-state index in [0.29, 0.717) is 28.4 Å². The molecule has 0 saturated carbocycles. The summed E-state index contributed by atoms with van der Waals surface area (Å²) in [4.78, 5) is 18.0. The number of benzene rings is 1. The molecule has 3 rings (SSSR count). The molecule has 1 saturated heterocycles. The van der Waals surface area contributed by atoms with Crippen molar-refractivity contribution in [3.8, 4) is 5.75 Å². The SMILES string of the molecule is CCC1Cc2c(N)c(Cl)cc(C(=O)ON3CCCCC3)c2O1. The molecule has 1 fully saturated rings. The summed E-state index contributed by atoms with van der Waals surface area (Å²) in [6.45, 7) is 3.59. The van der Waals surface area contributed by atoms with Gasteiger partial charge in [-0.2, -0.15) is 0 Å². The number of rotatable bonds is 3. The van der Waals surface area contributed by atoms with E-state index in [1.807, 2.05) is 6.92 Å². The smallest absolute Gasteiger partial charge is 0.360 e. The molecule has 0 aromatic heterocycles. The Morgan fingerprint density at radius 3 is 2.86 bits per heavy atom. The second kappa shape index (κ2) is 6.34. The summed E-state index contributed by atoms with van der Waals surface area (Å²) < 4.78 is 5.88. The lowest BCUT2D eigenvalue weighted by atomic mass is 10.0. The summed E-state index contributed by atoms with van der Waals surface area (Å²) in [6, 6.07) is 1.56. The average molecular weight is 325 g/mol. The maximum absolute atomic E-state index is 12.5. The minimum absolute atomic E-state index is 0.0392. The Kier molecular flexibility index (Phi) is 4.45. The summed E-state index contributed by atoms with van der Waals surface area (Å²) in [5, 5.41) is 2.10. The molecule has 1 aromatic rings. The molecule has 2 aliphatic heterocycles. The number of anilines is 1. The van der Waals surface area contributed by atoms with Gasteiger partial charge in [0, 0.05) is 25.1 Å². The van der Waals surface area contributed by atoms with Gasteiger partial charge in [-0.15, -0.1) is 5.06 Å². The molecule has 2 N–H and O–H groups in total. The minimum atomic E-state index is -0.420. The third kappa shape index (κ3) is 2.88. The first-order chi connectivity index (χ1) is 10.6. The van der Waals surface area contributed by atoms with Crippen molar-refractivity contribution in [3.05, 3.63) is 22.2 Å². The predicted octanol–water partition coefficient (Wildman–Crippen LogP) is 3.19. The van der Waals surface area contributed by atoms with Crippen LogP contribution in [0, 0.1) is 0 Å². The molecule has 0 spiro atoms. The van der Waals surface area contributed by atoms with Gasteiger partial charge in [-0.3, -0.25) is 0 Å². The number of halogens is 1. The standard InChI is InChI=1S/C16H21ClN2O3/c1-2-10-8-11-14(18)13(17)9-12(15(11)21-10)16(20)22-19-6-4-3-5-7-19/h9-10H,2-8,18H2,1H3. The van der Waals surface area contributed by atoms with Gasteiger partial charge >= 0.3 is 5.97 Å². The van der Waals surface area contributed by atoms with E-state index >= 15 is 0 Å². The van der Waals surface area contributed by atoms with Gasteiger partial charge in [0.05, 0.1) is 10.7 Å². The molecule has 1 atom stereocenters. The number of ether oxygens (including phenoxy) is 1. The number of carbonyl (C=O) groups excluding carboxylic acids is 1. The third-order valence-electron chi connectivity index (χ3n) is 4.29. The zero-order valence-corrected chi connectivity index (χ0v) is 13.5. The molecule has 0 amide bonds. The van der Waals surface area contributed by atoms with E-state index in [0.717, 1.165) is 37.9 Å². The fourth-order valence-electron chi connectivity index (χ4n) is 2.97. The van der Waals surface area contributed by atoms with Crippen molar-refractivity contribution in [3.63, 3.8) is 0 Å². The largest absolute Gasteiger partial charge is 0.489 e. The van der Waals surface area contributed by atoms with E-state index in [-0.39, 0.29) is 6.10 Å².